The van der Waals surface area contributed by atoms with Crippen molar-refractivity contribution in [3.05, 3.63) is 89.5 Å². The second-order valence-electron chi connectivity index (χ2n) is 7.71. The van der Waals surface area contributed by atoms with E-state index < -0.39 is 6.04 Å². The van der Waals surface area contributed by atoms with E-state index in [1.54, 1.807) is 35.4 Å². The molecule has 0 unspecified atom stereocenters. The quantitative estimate of drug-likeness (QED) is 0.436. The molecule has 4 aromatic rings. The number of carbonyl (C=O) groups excluding carboxylic acids is 1. The highest BCUT2D eigenvalue weighted by atomic mass is 16.5. The van der Waals surface area contributed by atoms with Gasteiger partial charge in [-0.25, -0.2) is 0 Å². The molecule has 1 aliphatic heterocycles. The summed E-state index contributed by atoms with van der Waals surface area (Å²) in [5.74, 6) is 1.37. The van der Waals surface area contributed by atoms with Gasteiger partial charge in [0.15, 0.2) is 0 Å². The number of aromatic amines is 1. The number of hydrogen-bond donors (Lipinski definition) is 2. The summed E-state index contributed by atoms with van der Waals surface area (Å²) in [6.45, 7) is 2.98. The van der Waals surface area contributed by atoms with Crippen molar-refractivity contribution in [1.82, 2.24) is 15.1 Å². The number of hydrogen-bond acceptors (Lipinski definition) is 5. The fourth-order valence-electron chi connectivity index (χ4n) is 4.15. The summed E-state index contributed by atoms with van der Waals surface area (Å²) in [4.78, 5) is 15.2. The van der Waals surface area contributed by atoms with E-state index in [-0.39, 0.29) is 11.7 Å². The molecule has 0 spiro atoms. The Morgan fingerprint density at radius 2 is 2.03 bits per heavy atom. The zero-order chi connectivity index (χ0) is 22.1. The molecule has 2 aromatic heterocycles. The van der Waals surface area contributed by atoms with E-state index in [0.29, 0.717) is 35.9 Å². The Morgan fingerprint density at radius 1 is 1.16 bits per heavy atom. The number of fused-ring (bicyclic) bond motifs is 1. The number of phenols is 1. The summed E-state index contributed by atoms with van der Waals surface area (Å²) in [6, 6.07) is 18.0. The number of benzene rings is 2. The van der Waals surface area contributed by atoms with Crippen LogP contribution in [0.15, 0.2) is 71.3 Å². The number of aromatic hydroxyl groups is 1. The van der Waals surface area contributed by atoms with Gasteiger partial charge in [0.2, 0.25) is 0 Å². The lowest BCUT2D eigenvalue weighted by atomic mass is 9.95. The molecule has 7 nitrogen and oxygen atoms in total. The molecule has 7 heteroatoms. The van der Waals surface area contributed by atoms with Gasteiger partial charge in [0.1, 0.15) is 28.6 Å². The maximum absolute atomic E-state index is 13.4. The summed E-state index contributed by atoms with van der Waals surface area (Å²) in [5.41, 5.74) is 3.17. The Kier molecular flexibility index (Phi) is 5.15. The molecule has 1 atom stereocenters. The third-order valence-electron chi connectivity index (χ3n) is 5.58. The molecule has 0 fully saturated rings. The van der Waals surface area contributed by atoms with Gasteiger partial charge in [-0.2, -0.15) is 5.10 Å². The van der Waals surface area contributed by atoms with Crippen LogP contribution in [0.5, 0.6) is 11.5 Å². The molecule has 1 aliphatic rings. The third-order valence-corrected chi connectivity index (χ3v) is 5.58. The third kappa shape index (κ3) is 3.41. The Bertz CT molecular complexity index is 1250. The minimum Gasteiger partial charge on any atom is -0.507 e. The average Bonchev–Trinajstić information content (AvgIpc) is 3.53. The molecular weight excluding hydrogens is 406 g/mol. The van der Waals surface area contributed by atoms with E-state index in [2.05, 4.69) is 17.1 Å². The van der Waals surface area contributed by atoms with Crippen LogP contribution in [-0.4, -0.2) is 32.7 Å². The van der Waals surface area contributed by atoms with E-state index in [0.717, 1.165) is 23.3 Å². The van der Waals surface area contributed by atoms with Crippen molar-refractivity contribution in [3.63, 3.8) is 0 Å². The first-order valence-corrected chi connectivity index (χ1v) is 10.6. The van der Waals surface area contributed by atoms with Crippen molar-refractivity contribution < 1.29 is 19.1 Å². The maximum Gasteiger partial charge on any atom is 0.273 e. The maximum atomic E-state index is 13.4. The number of phenolic OH excluding ortho intramolecular Hbond substituents is 1. The predicted octanol–water partition coefficient (Wildman–Crippen LogP) is 4.91. The van der Waals surface area contributed by atoms with Gasteiger partial charge in [-0.15, -0.1) is 0 Å². The van der Waals surface area contributed by atoms with E-state index >= 15 is 0 Å². The van der Waals surface area contributed by atoms with Crippen LogP contribution in [0.25, 0.3) is 11.3 Å². The average molecular weight is 429 g/mol. The van der Waals surface area contributed by atoms with Crippen LogP contribution in [0.3, 0.4) is 0 Å². The van der Waals surface area contributed by atoms with Gasteiger partial charge in [0.05, 0.1) is 25.5 Å². The van der Waals surface area contributed by atoms with Crippen molar-refractivity contribution in [3.8, 4) is 22.8 Å². The Morgan fingerprint density at radius 3 is 2.81 bits per heavy atom. The highest BCUT2D eigenvalue weighted by Crippen LogP contribution is 2.45. The molecule has 0 radical (unpaired) electrons. The molecule has 1 amide bonds. The molecule has 162 valence electrons. The lowest BCUT2D eigenvalue weighted by molar-refractivity contribution is 0.0716. The number of H-pyrrole nitrogens is 1. The highest BCUT2D eigenvalue weighted by Gasteiger charge is 2.43. The monoisotopic (exact) mass is 429 g/mol. The van der Waals surface area contributed by atoms with E-state index in [4.69, 9.17) is 9.15 Å². The van der Waals surface area contributed by atoms with Gasteiger partial charge in [-0.1, -0.05) is 31.2 Å². The number of aromatic nitrogens is 2. The number of nitrogens with zero attached hydrogens (tertiary/aromatic N) is 2. The number of amides is 1. The molecule has 2 aromatic carbocycles. The fourth-order valence-corrected chi connectivity index (χ4v) is 4.15. The van der Waals surface area contributed by atoms with Crippen molar-refractivity contribution in [2.75, 3.05) is 6.61 Å². The zero-order valence-corrected chi connectivity index (χ0v) is 17.6. The van der Waals surface area contributed by atoms with Crippen LogP contribution < -0.4 is 4.74 Å². The van der Waals surface area contributed by atoms with Crippen LogP contribution in [0.4, 0.5) is 0 Å². The van der Waals surface area contributed by atoms with Crippen molar-refractivity contribution in [2.24, 2.45) is 0 Å². The van der Waals surface area contributed by atoms with Gasteiger partial charge >= 0.3 is 0 Å². The van der Waals surface area contributed by atoms with Crippen molar-refractivity contribution in [2.45, 2.75) is 25.9 Å². The van der Waals surface area contributed by atoms with Crippen LogP contribution in [0.1, 0.15) is 46.8 Å². The van der Waals surface area contributed by atoms with Crippen LogP contribution in [0.2, 0.25) is 0 Å². The van der Waals surface area contributed by atoms with Gasteiger partial charge < -0.3 is 19.2 Å². The molecule has 5 rings (SSSR count). The number of ether oxygens (including phenoxy) is 1. The lowest BCUT2D eigenvalue weighted by Gasteiger charge is -2.26. The Hall–Kier alpha value is -4.00. The van der Waals surface area contributed by atoms with E-state index in [9.17, 15) is 9.90 Å². The molecular formula is C25H23N3O4. The SMILES string of the molecule is CCCOc1cccc([C@@H]2c3c(-c4ccccc4O)n[nH]c3C(=O)N2Cc2ccco2)c1. The van der Waals surface area contributed by atoms with Gasteiger partial charge in [-0.05, 0) is 48.4 Å². The minimum absolute atomic E-state index is 0.109. The largest absolute Gasteiger partial charge is 0.507 e. The number of para-hydroxylation sites is 1. The van der Waals surface area contributed by atoms with Gasteiger partial charge in [0, 0.05) is 11.1 Å². The normalized spacial score (nSPS) is 15.2. The number of furan rings is 1. The fraction of sp³-hybridized carbons (Fsp3) is 0.200. The second kappa shape index (κ2) is 8.26. The number of carbonyl (C=O) groups is 1. The summed E-state index contributed by atoms with van der Waals surface area (Å²) in [7, 11) is 0. The van der Waals surface area contributed by atoms with Crippen molar-refractivity contribution in [1.29, 1.82) is 0 Å². The minimum atomic E-state index is -0.416. The Balaban J connectivity index is 1.64. The summed E-state index contributed by atoms with van der Waals surface area (Å²) >= 11 is 0. The second-order valence-corrected chi connectivity index (χ2v) is 7.71. The summed E-state index contributed by atoms with van der Waals surface area (Å²) in [6.07, 6.45) is 2.50. The van der Waals surface area contributed by atoms with Crippen LogP contribution in [0, 0.1) is 0 Å². The molecule has 0 bridgehead atoms. The van der Waals surface area contributed by atoms with Crippen molar-refractivity contribution >= 4 is 5.91 Å². The first-order valence-electron chi connectivity index (χ1n) is 10.6. The van der Waals surface area contributed by atoms with Crippen LogP contribution >= 0.6 is 0 Å². The Labute approximate surface area is 185 Å². The van der Waals surface area contributed by atoms with Gasteiger partial charge in [-0.3, -0.25) is 9.89 Å². The molecule has 0 aliphatic carbocycles. The smallest absolute Gasteiger partial charge is 0.273 e. The van der Waals surface area contributed by atoms with Crippen LogP contribution in [-0.2, 0) is 6.54 Å². The number of nitrogens with one attached hydrogen (secondary N) is 1. The first kappa shape index (κ1) is 19.9. The van der Waals surface area contributed by atoms with Gasteiger partial charge in [0.25, 0.3) is 5.91 Å². The number of rotatable bonds is 7. The topological polar surface area (TPSA) is 91.6 Å². The first-order chi connectivity index (χ1) is 15.7. The molecule has 3 heterocycles. The summed E-state index contributed by atoms with van der Waals surface area (Å²) < 4.78 is 11.4. The molecule has 2 N–H and O–H groups in total. The van der Waals surface area contributed by atoms with E-state index in [1.807, 2.05) is 36.4 Å². The molecule has 32 heavy (non-hydrogen) atoms. The zero-order valence-electron chi connectivity index (χ0n) is 17.6. The standard InChI is InChI=1S/C25H23N3O4/c1-2-12-31-17-8-5-7-16(14-17)24-21-22(19-10-3-4-11-20(19)29)26-27-23(21)25(30)28(24)15-18-9-6-13-32-18/h3-11,13-14,24,29H,2,12,15H2,1H3,(H,26,27)/t24-/m1/s1. The van der Waals surface area contributed by atoms with E-state index in [1.165, 1.54) is 0 Å². The molecule has 0 saturated carbocycles. The highest BCUT2D eigenvalue weighted by molar-refractivity contribution is 6.00. The predicted molar refractivity (Wildman–Crippen MR) is 118 cm³/mol. The lowest BCUT2D eigenvalue weighted by Crippen LogP contribution is -2.29. The summed E-state index contributed by atoms with van der Waals surface area (Å²) in [5, 5.41) is 17.8. The molecule has 0 saturated heterocycles.